The van der Waals surface area contributed by atoms with Crippen molar-refractivity contribution >= 4 is 11.6 Å². The molecule has 4 rings (SSSR count). The lowest BCUT2D eigenvalue weighted by atomic mass is 9.76. The number of methoxy groups -OCH3 is 1. The highest BCUT2D eigenvalue weighted by atomic mass is 35.5. The molecule has 1 saturated carbocycles. The van der Waals surface area contributed by atoms with Crippen LogP contribution in [0.25, 0.3) is 0 Å². The van der Waals surface area contributed by atoms with Crippen LogP contribution in [-0.2, 0) is 21.7 Å². The van der Waals surface area contributed by atoms with Gasteiger partial charge < -0.3 is 34.6 Å². The third kappa shape index (κ3) is 5.58. The fourth-order valence-electron chi connectivity index (χ4n) is 5.32. The molecule has 0 spiro atoms. The summed E-state index contributed by atoms with van der Waals surface area (Å²) < 4.78 is 17.5. The zero-order valence-corrected chi connectivity index (χ0v) is 21.7. The van der Waals surface area contributed by atoms with Crippen LogP contribution < -0.4 is 4.74 Å². The van der Waals surface area contributed by atoms with Gasteiger partial charge in [-0.2, -0.15) is 0 Å². The van der Waals surface area contributed by atoms with Crippen molar-refractivity contribution < 1.29 is 34.6 Å². The summed E-state index contributed by atoms with van der Waals surface area (Å²) in [5.74, 6) is -0.941. The Hall–Kier alpha value is -1.71. The van der Waals surface area contributed by atoms with E-state index in [2.05, 4.69) is 6.92 Å². The minimum Gasteiger partial charge on any atom is -0.493 e. The second kappa shape index (κ2) is 11.4. The summed E-state index contributed by atoms with van der Waals surface area (Å²) >= 11 is 6.50. The Morgan fingerprint density at radius 3 is 2.33 bits per heavy atom. The first-order chi connectivity index (χ1) is 17.2. The molecule has 1 heterocycles. The van der Waals surface area contributed by atoms with Crippen LogP contribution in [0.3, 0.4) is 0 Å². The van der Waals surface area contributed by atoms with Crippen LogP contribution in [0.2, 0.25) is 5.02 Å². The van der Waals surface area contributed by atoms with E-state index in [0.717, 1.165) is 23.5 Å². The minimum absolute atomic E-state index is 0.243. The van der Waals surface area contributed by atoms with E-state index < -0.39 is 36.8 Å². The lowest BCUT2D eigenvalue weighted by Gasteiger charge is -2.47. The lowest BCUT2D eigenvalue weighted by molar-refractivity contribution is -0.366. The van der Waals surface area contributed by atoms with E-state index in [1.807, 2.05) is 24.3 Å². The molecule has 1 saturated heterocycles. The van der Waals surface area contributed by atoms with Gasteiger partial charge in [-0.3, -0.25) is 0 Å². The quantitative estimate of drug-likeness (QED) is 0.421. The highest BCUT2D eigenvalue weighted by Crippen LogP contribution is 2.41. The van der Waals surface area contributed by atoms with Crippen LogP contribution in [0.5, 0.6) is 5.75 Å². The predicted molar refractivity (Wildman–Crippen MR) is 136 cm³/mol. The summed E-state index contributed by atoms with van der Waals surface area (Å²) in [5.41, 5.74) is 2.45. The maximum atomic E-state index is 10.8. The molecule has 2 aliphatic rings. The van der Waals surface area contributed by atoms with E-state index in [1.165, 1.54) is 39.2 Å². The molecule has 1 aliphatic heterocycles. The van der Waals surface area contributed by atoms with Crippen molar-refractivity contribution in [2.75, 3.05) is 20.3 Å². The molecule has 198 valence electrons. The highest BCUT2D eigenvalue weighted by Gasteiger charge is 2.55. The lowest BCUT2D eigenvalue weighted by Crippen LogP contribution is -2.64. The van der Waals surface area contributed by atoms with Crippen LogP contribution in [-0.4, -0.2) is 65.2 Å². The Morgan fingerprint density at radius 1 is 1.00 bits per heavy atom. The first-order valence-corrected chi connectivity index (χ1v) is 13.0. The molecule has 2 aromatic carbocycles. The maximum Gasteiger partial charge on any atom is 0.224 e. The molecule has 36 heavy (non-hydrogen) atoms. The van der Waals surface area contributed by atoms with Gasteiger partial charge in [0.25, 0.3) is 0 Å². The van der Waals surface area contributed by atoms with Gasteiger partial charge in [-0.15, -0.1) is 0 Å². The van der Waals surface area contributed by atoms with E-state index in [-0.39, 0.29) is 5.41 Å². The number of hydrogen-bond acceptors (Lipinski definition) is 7. The van der Waals surface area contributed by atoms with Gasteiger partial charge in [-0.05, 0) is 54.7 Å². The van der Waals surface area contributed by atoms with E-state index in [9.17, 15) is 20.4 Å². The second-order valence-electron chi connectivity index (χ2n) is 10.4. The van der Waals surface area contributed by atoms with Gasteiger partial charge in [0.2, 0.25) is 5.79 Å². The first kappa shape index (κ1) is 27.3. The minimum atomic E-state index is -1.78. The van der Waals surface area contributed by atoms with E-state index >= 15 is 0 Å². The number of halogens is 1. The summed E-state index contributed by atoms with van der Waals surface area (Å²) in [4.78, 5) is 0. The number of aliphatic hydroxyl groups excluding tert-OH is 4. The van der Waals surface area contributed by atoms with Gasteiger partial charge in [-0.1, -0.05) is 56.0 Å². The third-order valence-electron chi connectivity index (χ3n) is 7.67. The fraction of sp³-hybridized carbons (Fsp3) is 0.571. The van der Waals surface area contributed by atoms with Crippen molar-refractivity contribution in [2.45, 2.75) is 75.7 Å². The summed E-state index contributed by atoms with van der Waals surface area (Å²) in [6, 6.07) is 13.0. The van der Waals surface area contributed by atoms with E-state index in [4.69, 9.17) is 25.8 Å². The van der Waals surface area contributed by atoms with Crippen molar-refractivity contribution in [3.63, 3.8) is 0 Å². The summed E-state index contributed by atoms with van der Waals surface area (Å²) in [6.45, 7) is 2.47. The number of hydrogen-bond donors (Lipinski definition) is 4. The predicted octanol–water partition coefficient (Wildman–Crippen LogP) is 3.55. The van der Waals surface area contributed by atoms with Crippen molar-refractivity contribution in [2.24, 2.45) is 5.41 Å². The smallest absolute Gasteiger partial charge is 0.224 e. The molecule has 2 aromatic rings. The van der Waals surface area contributed by atoms with Crippen LogP contribution in [0, 0.1) is 5.41 Å². The van der Waals surface area contributed by atoms with Crippen LogP contribution in [0.4, 0.5) is 0 Å². The van der Waals surface area contributed by atoms with Crippen LogP contribution >= 0.6 is 11.6 Å². The molecule has 0 unspecified atom stereocenters. The van der Waals surface area contributed by atoms with Gasteiger partial charge in [0.15, 0.2) is 0 Å². The average Bonchev–Trinajstić information content (AvgIpc) is 2.89. The highest BCUT2D eigenvalue weighted by molar-refractivity contribution is 6.31. The van der Waals surface area contributed by atoms with E-state index in [0.29, 0.717) is 17.0 Å². The molecule has 0 bridgehead atoms. The monoisotopic (exact) mass is 520 g/mol. The topological polar surface area (TPSA) is 109 Å². The Bertz CT molecular complexity index is 1010. The Balaban J connectivity index is 1.50. The van der Waals surface area contributed by atoms with Crippen molar-refractivity contribution in [1.82, 2.24) is 0 Å². The standard InChI is InChI=1S/C28H37ClO7/c1-27(12-4-3-5-13-27)17-35-21-9-6-18(7-10-21)14-19-15-20(8-11-22(19)29)28(34-2)26(33)25(32)24(31)23(16-30)36-28/h6-11,15,23-26,30-33H,3-5,12-14,16-17H2,1-2H3/t23-,24-,25+,26-,28+/m1/s1. The van der Waals surface area contributed by atoms with Crippen molar-refractivity contribution in [3.05, 3.63) is 64.2 Å². The zero-order valence-electron chi connectivity index (χ0n) is 20.9. The Kier molecular flexibility index (Phi) is 8.62. The van der Waals surface area contributed by atoms with Crippen molar-refractivity contribution in [3.8, 4) is 5.75 Å². The molecule has 5 atom stereocenters. The number of rotatable bonds is 8. The summed E-state index contributed by atoms with van der Waals surface area (Å²) in [5, 5.41) is 41.5. The maximum absolute atomic E-state index is 10.8. The largest absolute Gasteiger partial charge is 0.493 e. The summed E-state index contributed by atoms with van der Waals surface area (Å²) in [6.07, 6.45) is 1.02. The SMILES string of the molecule is CO[C@@]1(c2ccc(Cl)c(Cc3ccc(OCC4(C)CCCCC4)cc3)c2)O[C@H](CO)[C@@H](O)[C@H](O)[C@H]1O. The first-order valence-electron chi connectivity index (χ1n) is 12.6. The summed E-state index contributed by atoms with van der Waals surface area (Å²) in [7, 11) is 1.34. The second-order valence-corrected chi connectivity index (χ2v) is 10.8. The number of benzene rings is 2. The van der Waals surface area contributed by atoms with E-state index in [1.54, 1.807) is 18.2 Å². The number of ether oxygens (including phenoxy) is 3. The van der Waals surface area contributed by atoms with Gasteiger partial charge in [0.1, 0.15) is 30.2 Å². The fourth-order valence-corrected chi connectivity index (χ4v) is 5.51. The molecule has 0 radical (unpaired) electrons. The molecule has 1 aliphatic carbocycles. The number of aliphatic hydroxyl groups is 4. The molecule has 7 nitrogen and oxygen atoms in total. The van der Waals surface area contributed by atoms with Crippen molar-refractivity contribution in [1.29, 1.82) is 0 Å². The molecule has 0 amide bonds. The molecular formula is C28H37ClO7. The molecule has 0 aromatic heterocycles. The van der Waals surface area contributed by atoms with Crippen LogP contribution in [0.15, 0.2) is 42.5 Å². The Morgan fingerprint density at radius 2 is 1.69 bits per heavy atom. The average molecular weight is 521 g/mol. The van der Waals surface area contributed by atoms with Gasteiger partial charge >= 0.3 is 0 Å². The third-order valence-corrected chi connectivity index (χ3v) is 8.04. The zero-order chi connectivity index (χ0) is 25.9. The normalized spacial score (nSPS) is 30.2. The van der Waals surface area contributed by atoms with Gasteiger partial charge in [-0.25, -0.2) is 0 Å². The van der Waals surface area contributed by atoms with Gasteiger partial charge in [0.05, 0.1) is 13.2 Å². The molecule has 4 N–H and O–H groups in total. The molecule has 2 fully saturated rings. The Labute approximate surface area is 217 Å². The van der Waals surface area contributed by atoms with Crippen LogP contribution in [0.1, 0.15) is 55.7 Å². The van der Waals surface area contributed by atoms with Gasteiger partial charge in [0, 0.05) is 23.1 Å². The molecular weight excluding hydrogens is 484 g/mol. The molecule has 8 heteroatoms.